The summed E-state index contributed by atoms with van der Waals surface area (Å²) in [7, 11) is 0. The first-order valence-electron chi connectivity index (χ1n) is 8.00. The van der Waals surface area contributed by atoms with Crippen LogP contribution in [0.3, 0.4) is 0 Å². The van der Waals surface area contributed by atoms with Crippen molar-refractivity contribution in [1.82, 2.24) is 0 Å². The van der Waals surface area contributed by atoms with Crippen molar-refractivity contribution in [2.24, 2.45) is 10.2 Å². The maximum atomic E-state index is 12.7. The first-order valence-corrected chi connectivity index (χ1v) is 8.00. The Bertz CT molecular complexity index is 941. The van der Waals surface area contributed by atoms with Gasteiger partial charge in [-0.1, -0.05) is 36.4 Å². The molecule has 7 heteroatoms. The Morgan fingerprint density at radius 2 is 1.63 bits per heavy atom. The van der Waals surface area contributed by atoms with Crippen molar-refractivity contribution < 1.29 is 23.0 Å². The summed E-state index contributed by atoms with van der Waals surface area (Å²) >= 11 is 0. The molecule has 0 heterocycles. The summed E-state index contributed by atoms with van der Waals surface area (Å²) in [5, 5.41) is 17.5. The summed E-state index contributed by atoms with van der Waals surface area (Å²) in [5.74, 6) is 0.299. The van der Waals surface area contributed by atoms with Crippen LogP contribution in [0.5, 0.6) is 11.5 Å². The van der Waals surface area contributed by atoms with Crippen molar-refractivity contribution in [2.75, 3.05) is 0 Å². The van der Waals surface area contributed by atoms with Crippen molar-refractivity contribution in [1.29, 1.82) is 0 Å². The van der Waals surface area contributed by atoms with Crippen LogP contribution >= 0.6 is 0 Å². The molecule has 0 unspecified atom stereocenters. The number of rotatable bonds is 5. The molecular formula is C20H15F3N2O2. The second kappa shape index (κ2) is 7.90. The van der Waals surface area contributed by atoms with Crippen molar-refractivity contribution in [3.8, 4) is 11.5 Å². The number of phenols is 1. The molecule has 138 valence electrons. The monoisotopic (exact) mass is 372 g/mol. The average Bonchev–Trinajstić information content (AvgIpc) is 2.67. The molecule has 0 atom stereocenters. The molecule has 0 amide bonds. The van der Waals surface area contributed by atoms with E-state index in [9.17, 15) is 18.3 Å². The van der Waals surface area contributed by atoms with E-state index in [1.54, 1.807) is 6.07 Å². The normalized spacial score (nSPS) is 11.7. The lowest BCUT2D eigenvalue weighted by Crippen LogP contribution is -2.03. The van der Waals surface area contributed by atoms with Crippen LogP contribution in [0.25, 0.3) is 0 Å². The number of ether oxygens (including phenoxy) is 1. The van der Waals surface area contributed by atoms with Crippen LogP contribution in [0.4, 0.5) is 24.5 Å². The molecule has 0 saturated carbocycles. The molecule has 0 aromatic heterocycles. The number of aromatic hydroxyl groups is 1. The van der Waals surface area contributed by atoms with E-state index >= 15 is 0 Å². The number of phenolic OH excluding ortho intramolecular Hbond substituents is 1. The maximum absolute atomic E-state index is 12.7. The zero-order chi connectivity index (χ0) is 19.3. The number of benzene rings is 3. The Hall–Kier alpha value is -3.35. The largest absolute Gasteiger partial charge is 0.506 e. The molecule has 0 aliphatic heterocycles. The highest BCUT2D eigenvalue weighted by molar-refractivity contribution is 5.55. The SMILES string of the molecule is Oc1ccc(OCc2ccccc2)cc1N=Nc1cccc(C(F)(F)F)c1. The van der Waals surface area contributed by atoms with Gasteiger partial charge in [-0.15, -0.1) is 5.11 Å². The van der Waals surface area contributed by atoms with E-state index in [-0.39, 0.29) is 17.1 Å². The lowest BCUT2D eigenvalue weighted by atomic mass is 10.2. The first kappa shape index (κ1) is 18.4. The zero-order valence-corrected chi connectivity index (χ0v) is 14.0. The van der Waals surface area contributed by atoms with Crippen LogP contribution in [-0.2, 0) is 12.8 Å². The molecule has 3 aromatic carbocycles. The van der Waals surface area contributed by atoms with Crippen molar-refractivity contribution in [3.63, 3.8) is 0 Å². The first-order chi connectivity index (χ1) is 12.9. The highest BCUT2D eigenvalue weighted by atomic mass is 19.4. The van der Waals surface area contributed by atoms with E-state index in [4.69, 9.17) is 4.74 Å². The van der Waals surface area contributed by atoms with Gasteiger partial charge in [-0.2, -0.15) is 18.3 Å². The van der Waals surface area contributed by atoms with Gasteiger partial charge < -0.3 is 9.84 Å². The molecule has 0 aliphatic carbocycles. The summed E-state index contributed by atoms with van der Waals surface area (Å²) in [6, 6.07) is 18.4. The van der Waals surface area contributed by atoms with E-state index < -0.39 is 11.7 Å². The summed E-state index contributed by atoms with van der Waals surface area (Å²) in [5.41, 5.74) is 0.277. The van der Waals surface area contributed by atoms with Crippen molar-refractivity contribution in [2.45, 2.75) is 12.8 Å². The van der Waals surface area contributed by atoms with Crippen molar-refractivity contribution in [3.05, 3.63) is 83.9 Å². The third-order valence-electron chi connectivity index (χ3n) is 3.64. The molecule has 0 aliphatic rings. The fourth-order valence-corrected chi connectivity index (χ4v) is 2.27. The zero-order valence-electron chi connectivity index (χ0n) is 14.0. The third kappa shape index (κ3) is 5.07. The summed E-state index contributed by atoms with van der Waals surface area (Å²) < 4.78 is 43.9. The van der Waals surface area contributed by atoms with E-state index in [2.05, 4.69) is 10.2 Å². The Labute approximate surface area is 153 Å². The second-order valence-electron chi connectivity index (χ2n) is 5.67. The van der Waals surface area contributed by atoms with Crippen LogP contribution in [0.15, 0.2) is 83.0 Å². The lowest BCUT2D eigenvalue weighted by molar-refractivity contribution is -0.137. The van der Waals surface area contributed by atoms with Crippen LogP contribution in [-0.4, -0.2) is 5.11 Å². The number of nitrogens with zero attached hydrogens (tertiary/aromatic N) is 2. The lowest BCUT2D eigenvalue weighted by Gasteiger charge is -2.08. The minimum absolute atomic E-state index is 0.0276. The summed E-state index contributed by atoms with van der Waals surface area (Å²) in [4.78, 5) is 0. The molecule has 4 nitrogen and oxygen atoms in total. The minimum atomic E-state index is -4.46. The molecule has 3 rings (SSSR count). The van der Waals surface area contributed by atoms with Crippen LogP contribution in [0.2, 0.25) is 0 Å². The van der Waals surface area contributed by atoms with Gasteiger partial charge >= 0.3 is 6.18 Å². The standard InChI is InChI=1S/C20H15F3N2O2/c21-20(22,23)15-7-4-8-16(11-15)24-25-18-12-17(9-10-19(18)26)27-13-14-5-2-1-3-6-14/h1-12,26H,13H2. The highest BCUT2D eigenvalue weighted by Gasteiger charge is 2.30. The summed E-state index contributed by atoms with van der Waals surface area (Å²) in [6.45, 7) is 0.329. The average molecular weight is 372 g/mol. The second-order valence-corrected chi connectivity index (χ2v) is 5.67. The van der Waals surface area contributed by atoms with Gasteiger partial charge in [0.25, 0.3) is 0 Å². The number of azo groups is 1. The van der Waals surface area contributed by atoms with Gasteiger partial charge in [0, 0.05) is 6.07 Å². The predicted molar refractivity (Wildman–Crippen MR) is 94.5 cm³/mol. The van der Waals surface area contributed by atoms with Gasteiger partial charge in [-0.05, 0) is 35.9 Å². The van der Waals surface area contributed by atoms with Gasteiger partial charge in [-0.3, -0.25) is 0 Å². The van der Waals surface area contributed by atoms with Crippen LogP contribution in [0.1, 0.15) is 11.1 Å². The molecule has 0 bridgehead atoms. The number of hydrogen-bond acceptors (Lipinski definition) is 4. The van der Waals surface area contributed by atoms with E-state index in [0.29, 0.717) is 12.4 Å². The van der Waals surface area contributed by atoms with Gasteiger partial charge in [-0.25, -0.2) is 0 Å². The summed E-state index contributed by atoms with van der Waals surface area (Å²) in [6.07, 6.45) is -4.46. The number of hydrogen-bond donors (Lipinski definition) is 1. The molecule has 0 radical (unpaired) electrons. The smallest absolute Gasteiger partial charge is 0.416 e. The maximum Gasteiger partial charge on any atom is 0.416 e. The molecule has 0 saturated heterocycles. The van der Waals surface area contributed by atoms with Gasteiger partial charge in [0.15, 0.2) is 0 Å². The van der Waals surface area contributed by atoms with Gasteiger partial charge in [0.2, 0.25) is 0 Å². The number of halogens is 3. The topological polar surface area (TPSA) is 54.2 Å². The fourth-order valence-electron chi connectivity index (χ4n) is 2.27. The number of alkyl halides is 3. The molecule has 1 N–H and O–H groups in total. The van der Waals surface area contributed by atoms with Crippen molar-refractivity contribution >= 4 is 11.4 Å². The van der Waals surface area contributed by atoms with E-state index in [0.717, 1.165) is 17.7 Å². The molecule has 27 heavy (non-hydrogen) atoms. The Morgan fingerprint density at radius 1 is 0.852 bits per heavy atom. The van der Waals surface area contributed by atoms with Crippen LogP contribution in [0, 0.1) is 0 Å². The van der Waals surface area contributed by atoms with Crippen LogP contribution < -0.4 is 4.74 Å². The highest BCUT2D eigenvalue weighted by Crippen LogP contribution is 2.34. The Morgan fingerprint density at radius 3 is 2.37 bits per heavy atom. The van der Waals surface area contributed by atoms with E-state index in [1.807, 2.05) is 30.3 Å². The molecule has 3 aromatic rings. The molecular weight excluding hydrogens is 357 g/mol. The van der Waals surface area contributed by atoms with Gasteiger partial charge in [0.05, 0.1) is 11.3 Å². The molecule has 0 spiro atoms. The fraction of sp³-hybridized carbons (Fsp3) is 0.100. The van der Waals surface area contributed by atoms with E-state index in [1.165, 1.54) is 24.3 Å². The molecule has 0 fully saturated rings. The Kier molecular flexibility index (Phi) is 5.40. The third-order valence-corrected chi connectivity index (χ3v) is 3.64. The Balaban J connectivity index is 1.75. The minimum Gasteiger partial charge on any atom is -0.506 e. The van der Waals surface area contributed by atoms with Gasteiger partial charge in [0.1, 0.15) is 23.8 Å². The quantitative estimate of drug-likeness (QED) is 0.527. The predicted octanol–water partition coefficient (Wildman–Crippen LogP) is 6.41.